The minimum atomic E-state index is -0.394. The molecule has 5 nitrogen and oxygen atoms in total. The number of carbonyl (C=O) groups excluding carboxylic acids is 1. The van der Waals surface area contributed by atoms with E-state index in [4.69, 9.17) is 9.47 Å². The molecule has 0 bridgehead atoms. The summed E-state index contributed by atoms with van der Waals surface area (Å²) in [6, 6.07) is 7.88. The van der Waals surface area contributed by atoms with Gasteiger partial charge in [-0.2, -0.15) is 0 Å². The van der Waals surface area contributed by atoms with E-state index >= 15 is 0 Å². The fourth-order valence-electron chi connectivity index (χ4n) is 2.42. The highest BCUT2D eigenvalue weighted by Crippen LogP contribution is 2.30. The molecule has 0 aromatic carbocycles. The minimum Gasteiger partial charge on any atom is -0.401 e. The van der Waals surface area contributed by atoms with Crippen LogP contribution in [-0.4, -0.2) is 38.2 Å². The Hall–Kier alpha value is -1.96. The zero-order valence-corrected chi connectivity index (χ0v) is 13.9. The topological polar surface area (TPSA) is 51.1 Å². The Morgan fingerprint density at radius 1 is 1.22 bits per heavy atom. The van der Waals surface area contributed by atoms with Gasteiger partial charge >= 0.3 is 5.97 Å². The number of cyclic esters (lactones) is 1. The van der Waals surface area contributed by atoms with Gasteiger partial charge in [0, 0.05) is 18.0 Å². The van der Waals surface area contributed by atoms with E-state index in [1.807, 2.05) is 23.6 Å². The van der Waals surface area contributed by atoms with Gasteiger partial charge < -0.3 is 14.4 Å². The number of hydrogen-bond donors (Lipinski definition) is 0. The van der Waals surface area contributed by atoms with Gasteiger partial charge in [-0.05, 0) is 29.7 Å². The average Bonchev–Trinajstić information content (AvgIpc) is 3.31. The Morgan fingerprint density at radius 2 is 2.09 bits per heavy atom. The molecule has 2 aliphatic rings. The summed E-state index contributed by atoms with van der Waals surface area (Å²) in [6.45, 7) is 3.32. The van der Waals surface area contributed by atoms with Crippen LogP contribution in [0.15, 0.2) is 40.3 Å². The van der Waals surface area contributed by atoms with Crippen molar-refractivity contribution in [3.05, 3.63) is 45.1 Å². The van der Waals surface area contributed by atoms with E-state index in [1.165, 1.54) is 16.3 Å². The second-order valence-electron chi connectivity index (χ2n) is 5.09. The standard InChI is InChI=1S/C16H14N2O3S2/c19-16-12(17-15(21-16)13-2-1-9-22-13)10-11-3-4-14(23-11)18-5-7-20-8-6-18/h1-4,9-10H,5-8H2/b12-10+. The molecule has 23 heavy (non-hydrogen) atoms. The van der Waals surface area contributed by atoms with Crippen molar-refractivity contribution in [2.75, 3.05) is 31.2 Å². The lowest BCUT2D eigenvalue weighted by Crippen LogP contribution is -2.35. The summed E-state index contributed by atoms with van der Waals surface area (Å²) in [7, 11) is 0. The highest BCUT2D eigenvalue weighted by atomic mass is 32.1. The van der Waals surface area contributed by atoms with E-state index in [2.05, 4.69) is 16.0 Å². The van der Waals surface area contributed by atoms with Gasteiger partial charge in [-0.1, -0.05) is 6.07 Å². The fraction of sp³-hybridized carbons (Fsp3) is 0.250. The molecular weight excluding hydrogens is 332 g/mol. The Balaban J connectivity index is 1.55. The lowest BCUT2D eigenvalue weighted by molar-refractivity contribution is -0.129. The molecule has 0 aliphatic carbocycles. The average molecular weight is 346 g/mol. The van der Waals surface area contributed by atoms with Crippen LogP contribution in [-0.2, 0) is 14.3 Å². The van der Waals surface area contributed by atoms with Gasteiger partial charge in [-0.15, -0.1) is 22.7 Å². The van der Waals surface area contributed by atoms with Crippen LogP contribution in [0, 0.1) is 0 Å². The first-order valence-electron chi connectivity index (χ1n) is 7.28. The lowest BCUT2D eigenvalue weighted by atomic mass is 10.3. The largest absolute Gasteiger partial charge is 0.401 e. The van der Waals surface area contributed by atoms with Gasteiger partial charge in [-0.25, -0.2) is 9.79 Å². The predicted octanol–water partition coefficient (Wildman–Crippen LogP) is 2.99. The summed E-state index contributed by atoms with van der Waals surface area (Å²) in [5.41, 5.74) is 0.351. The van der Waals surface area contributed by atoms with E-state index in [9.17, 15) is 4.79 Å². The van der Waals surface area contributed by atoms with E-state index in [0.29, 0.717) is 11.6 Å². The summed E-state index contributed by atoms with van der Waals surface area (Å²) in [5.74, 6) is -0.00377. The minimum absolute atomic E-state index is 0.351. The van der Waals surface area contributed by atoms with Gasteiger partial charge in [-0.3, -0.25) is 0 Å². The molecule has 4 heterocycles. The van der Waals surface area contributed by atoms with Crippen molar-refractivity contribution in [1.29, 1.82) is 0 Å². The van der Waals surface area contributed by atoms with Gasteiger partial charge in [0.1, 0.15) is 0 Å². The maximum Gasteiger partial charge on any atom is 0.363 e. The zero-order chi connectivity index (χ0) is 15.6. The first kappa shape index (κ1) is 14.6. The summed E-state index contributed by atoms with van der Waals surface area (Å²) >= 11 is 3.15. The van der Waals surface area contributed by atoms with E-state index in [1.54, 1.807) is 17.4 Å². The van der Waals surface area contributed by atoms with Crippen LogP contribution in [0.4, 0.5) is 5.00 Å². The predicted molar refractivity (Wildman–Crippen MR) is 92.3 cm³/mol. The highest BCUT2D eigenvalue weighted by molar-refractivity contribution is 7.17. The number of morpholine rings is 1. The van der Waals surface area contributed by atoms with Crippen molar-refractivity contribution in [3.63, 3.8) is 0 Å². The molecule has 0 unspecified atom stereocenters. The van der Waals surface area contributed by atoms with Crippen molar-refractivity contribution < 1.29 is 14.3 Å². The maximum atomic E-state index is 12.0. The first-order valence-corrected chi connectivity index (χ1v) is 8.98. The molecule has 1 fully saturated rings. The summed E-state index contributed by atoms with van der Waals surface area (Å²) in [6.07, 6.45) is 1.79. The fourth-order valence-corrected chi connectivity index (χ4v) is 4.07. The molecule has 7 heteroatoms. The molecule has 2 aliphatic heterocycles. The third-order valence-electron chi connectivity index (χ3n) is 3.57. The van der Waals surface area contributed by atoms with Crippen LogP contribution in [0.2, 0.25) is 0 Å². The molecule has 1 saturated heterocycles. The molecule has 2 aromatic heterocycles. The number of ether oxygens (including phenoxy) is 2. The van der Waals surface area contributed by atoms with Crippen LogP contribution in [0.1, 0.15) is 9.75 Å². The number of rotatable bonds is 3. The monoisotopic (exact) mass is 346 g/mol. The van der Waals surface area contributed by atoms with Crippen LogP contribution in [0.3, 0.4) is 0 Å². The maximum absolute atomic E-state index is 12.0. The lowest BCUT2D eigenvalue weighted by Gasteiger charge is -2.27. The van der Waals surface area contributed by atoms with Crippen molar-refractivity contribution in [3.8, 4) is 0 Å². The molecule has 2 aromatic rings. The van der Waals surface area contributed by atoms with E-state index < -0.39 is 5.97 Å². The molecular formula is C16H14N2O3S2. The van der Waals surface area contributed by atoms with Gasteiger partial charge in [0.05, 0.1) is 23.1 Å². The number of thiophene rings is 2. The molecule has 0 radical (unpaired) electrons. The Bertz CT molecular complexity index is 771. The van der Waals surface area contributed by atoms with Crippen molar-refractivity contribution in [2.45, 2.75) is 0 Å². The van der Waals surface area contributed by atoms with Crippen LogP contribution >= 0.6 is 22.7 Å². The van der Waals surface area contributed by atoms with Crippen molar-refractivity contribution in [1.82, 2.24) is 0 Å². The van der Waals surface area contributed by atoms with Gasteiger partial charge in [0.15, 0.2) is 5.70 Å². The number of nitrogens with zero attached hydrogens (tertiary/aromatic N) is 2. The van der Waals surface area contributed by atoms with Crippen molar-refractivity contribution >= 4 is 45.6 Å². The zero-order valence-electron chi connectivity index (χ0n) is 12.2. The molecule has 0 spiro atoms. The quantitative estimate of drug-likeness (QED) is 0.633. The van der Waals surface area contributed by atoms with Gasteiger partial charge in [0.25, 0.3) is 0 Å². The number of carbonyl (C=O) groups is 1. The number of esters is 1. The second-order valence-corrected chi connectivity index (χ2v) is 7.13. The van der Waals surface area contributed by atoms with E-state index in [0.717, 1.165) is 36.1 Å². The number of hydrogen-bond acceptors (Lipinski definition) is 7. The summed E-state index contributed by atoms with van der Waals surface area (Å²) in [4.78, 5) is 20.4. The van der Waals surface area contributed by atoms with E-state index in [-0.39, 0.29) is 0 Å². The summed E-state index contributed by atoms with van der Waals surface area (Å²) in [5, 5.41) is 3.12. The smallest absolute Gasteiger partial charge is 0.363 e. The third kappa shape index (κ3) is 3.08. The number of anilines is 1. The first-order chi connectivity index (χ1) is 11.3. The molecule has 0 atom stereocenters. The molecule has 4 rings (SSSR count). The normalized spacial score (nSPS) is 20.0. The van der Waals surface area contributed by atoms with Crippen LogP contribution < -0.4 is 4.90 Å². The molecule has 118 valence electrons. The highest BCUT2D eigenvalue weighted by Gasteiger charge is 2.25. The van der Waals surface area contributed by atoms with Crippen molar-refractivity contribution in [2.24, 2.45) is 4.99 Å². The third-order valence-corrected chi connectivity index (χ3v) is 5.52. The molecule has 0 N–H and O–H groups in total. The Kier molecular flexibility index (Phi) is 3.99. The summed E-state index contributed by atoms with van der Waals surface area (Å²) < 4.78 is 10.6. The molecule has 0 saturated carbocycles. The number of aliphatic imine (C=N–C) groups is 1. The SMILES string of the molecule is O=C1OC(c2cccs2)=N/C1=C/c1ccc(N2CCOCC2)s1. The van der Waals surface area contributed by atoms with Crippen LogP contribution in [0.25, 0.3) is 6.08 Å². The Morgan fingerprint density at radius 3 is 2.87 bits per heavy atom. The molecule has 0 amide bonds. The van der Waals surface area contributed by atoms with Gasteiger partial charge in [0.2, 0.25) is 5.90 Å². The Labute approximate surface area is 141 Å². The van der Waals surface area contributed by atoms with Crippen LogP contribution in [0.5, 0.6) is 0 Å². The second kappa shape index (κ2) is 6.27.